The highest BCUT2D eigenvalue weighted by Gasteiger charge is 2.07. The number of benzene rings is 1. The molecule has 1 aromatic heterocycles. The first-order valence-electron chi connectivity index (χ1n) is 6.23. The number of carbonyl (C=O) groups excluding carboxylic acids is 1. The second kappa shape index (κ2) is 5.99. The van der Waals surface area contributed by atoms with Gasteiger partial charge in [-0.2, -0.15) is 0 Å². The fourth-order valence-corrected chi connectivity index (χ4v) is 2.65. The zero-order chi connectivity index (χ0) is 13.8. The van der Waals surface area contributed by atoms with E-state index >= 15 is 0 Å². The van der Waals surface area contributed by atoms with E-state index in [1.807, 2.05) is 6.07 Å². The third-order valence-electron chi connectivity index (χ3n) is 3.10. The molecule has 0 saturated carbocycles. The smallest absolute Gasteiger partial charge is 0.249 e. The largest absolute Gasteiger partial charge is 0.366 e. The fourth-order valence-electron chi connectivity index (χ4n) is 1.83. The fraction of sp³-hybridized carbons (Fsp3) is 0.267. The van der Waals surface area contributed by atoms with E-state index in [-0.39, 0.29) is 11.9 Å². The van der Waals surface area contributed by atoms with Crippen molar-refractivity contribution in [1.29, 1.82) is 0 Å². The molecule has 1 aromatic carbocycles. The summed E-state index contributed by atoms with van der Waals surface area (Å²) in [6, 6.07) is 10.6. The molecule has 0 saturated heterocycles. The predicted molar refractivity (Wildman–Crippen MR) is 79.3 cm³/mol. The molecule has 4 heteroatoms. The van der Waals surface area contributed by atoms with Crippen molar-refractivity contribution in [2.75, 3.05) is 0 Å². The molecule has 3 nitrogen and oxygen atoms in total. The quantitative estimate of drug-likeness (QED) is 0.880. The third-order valence-corrected chi connectivity index (χ3v) is 4.03. The normalized spacial score (nSPS) is 12.3. The van der Waals surface area contributed by atoms with E-state index in [1.54, 1.807) is 16.7 Å². The molecule has 1 heterocycles. The first-order chi connectivity index (χ1) is 9.06. The summed E-state index contributed by atoms with van der Waals surface area (Å²) in [5, 5.41) is 5.25. The lowest BCUT2D eigenvalue weighted by atomic mass is 10.1. The molecule has 0 aliphatic rings. The zero-order valence-corrected chi connectivity index (χ0v) is 12.0. The van der Waals surface area contributed by atoms with E-state index in [2.05, 4.69) is 43.4 Å². The summed E-state index contributed by atoms with van der Waals surface area (Å²) in [4.78, 5) is 12.1. The van der Waals surface area contributed by atoms with Gasteiger partial charge in [-0.1, -0.05) is 29.8 Å². The van der Waals surface area contributed by atoms with Crippen molar-refractivity contribution in [3.05, 3.63) is 57.3 Å². The predicted octanol–water partition coefficient (Wildman–Crippen LogP) is 3.01. The van der Waals surface area contributed by atoms with Gasteiger partial charge in [-0.25, -0.2) is 0 Å². The van der Waals surface area contributed by atoms with Crippen LogP contribution in [0.1, 0.15) is 39.3 Å². The minimum Gasteiger partial charge on any atom is -0.366 e. The molecular weight excluding hydrogens is 256 g/mol. The number of aryl methyl sites for hydroxylation is 1. The Morgan fingerprint density at radius 2 is 2.05 bits per heavy atom. The van der Waals surface area contributed by atoms with Crippen LogP contribution in [0.5, 0.6) is 0 Å². The second-order valence-corrected chi connectivity index (χ2v) is 5.67. The summed E-state index contributed by atoms with van der Waals surface area (Å²) >= 11 is 1.55. The summed E-state index contributed by atoms with van der Waals surface area (Å²) in [5.41, 5.74) is 8.35. The molecule has 0 unspecified atom stereocenters. The third kappa shape index (κ3) is 3.66. The van der Waals surface area contributed by atoms with Gasteiger partial charge in [0.05, 0.1) is 5.56 Å². The average molecular weight is 274 g/mol. The van der Waals surface area contributed by atoms with Crippen molar-refractivity contribution in [2.45, 2.75) is 26.4 Å². The van der Waals surface area contributed by atoms with Gasteiger partial charge in [0, 0.05) is 22.8 Å². The lowest BCUT2D eigenvalue weighted by Crippen LogP contribution is -2.17. The van der Waals surface area contributed by atoms with Gasteiger partial charge >= 0.3 is 0 Å². The zero-order valence-electron chi connectivity index (χ0n) is 11.1. The molecule has 2 rings (SSSR count). The van der Waals surface area contributed by atoms with E-state index in [0.29, 0.717) is 5.56 Å². The second-order valence-electron chi connectivity index (χ2n) is 4.68. The SMILES string of the molecule is Cc1ccc([C@H](C)NCc2cc(C(N)=O)cs2)cc1. The number of thiophene rings is 1. The molecule has 2 aromatic rings. The van der Waals surface area contributed by atoms with Crippen molar-refractivity contribution in [1.82, 2.24) is 5.32 Å². The number of carbonyl (C=O) groups is 1. The Bertz CT molecular complexity index is 560. The van der Waals surface area contributed by atoms with E-state index < -0.39 is 0 Å². The Balaban J connectivity index is 1.94. The van der Waals surface area contributed by atoms with Crippen LogP contribution in [0.15, 0.2) is 35.7 Å². The molecule has 100 valence electrons. The van der Waals surface area contributed by atoms with E-state index in [9.17, 15) is 4.79 Å². The van der Waals surface area contributed by atoms with E-state index in [0.717, 1.165) is 11.4 Å². The van der Waals surface area contributed by atoms with Crippen LogP contribution in [0, 0.1) is 6.92 Å². The van der Waals surface area contributed by atoms with Gasteiger partial charge in [-0.05, 0) is 25.5 Å². The Morgan fingerprint density at radius 1 is 1.37 bits per heavy atom. The van der Waals surface area contributed by atoms with Crippen LogP contribution in [-0.2, 0) is 6.54 Å². The number of hydrogen-bond acceptors (Lipinski definition) is 3. The molecule has 0 aliphatic carbocycles. The average Bonchev–Trinajstić information content (AvgIpc) is 2.86. The topological polar surface area (TPSA) is 55.1 Å². The minimum atomic E-state index is -0.367. The molecule has 0 radical (unpaired) electrons. The van der Waals surface area contributed by atoms with Gasteiger partial charge in [0.2, 0.25) is 5.91 Å². The number of hydrogen-bond donors (Lipinski definition) is 2. The summed E-state index contributed by atoms with van der Waals surface area (Å²) in [6.45, 7) is 4.96. The van der Waals surface area contributed by atoms with Crippen LogP contribution in [0.2, 0.25) is 0 Å². The Hall–Kier alpha value is -1.65. The summed E-state index contributed by atoms with van der Waals surface area (Å²) in [7, 11) is 0. The Kier molecular flexibility index (Phi) is 4.35. The van der Waals surface area contributed by atoms with E-state index in [4.69, 9.17) is 5.73 Å². The molecule has 0 aliphatic heterocycles. The number of nitrogens with one attached hydrogen (secondary N) is 1. The molecule has 1 atom stereocenters. The summed E-state index contributed by atoms with van der Waals surface area (Å²) < 4.78 is 0. The van der Waals surface area contributed by atoms with Crippen molar-refractivity contribution < 1.29 is 4.79 Å². The lowest BCUT2D eigenvalue weighted by Gasteiger charge is -2.13. The summed E-state index contributed by atoms with van der Waals surface area (Å²) in [6.07, 6.45) is 0. The Labute approximate surface area is 117 Å². The van der Waals surface area contributed by atoms with Crippen LogP contribution >= 0.6 is 11.3 Å². The van der Waals surface area contributed by atoms with Crippen LogP contribution in [0.3, 0.4) is 0 Å². The molecular formula is C15H18N2OS. The molecule has 0 bridgehead atoms. The molecule has 0 spiro atoms. The molecule has 3 N–H and O–H groups in total. The van der Waals surface area contributed by atoms with Gasteiger partial charge in [0.1, 0.15) is 0 Å². The highest BCUT2D eigenvalue weighted by atomic mass is 32.1. The van der Waals surface area contributed by atoms with Gasteiger partial charge in [-0.3, -0.25) is 4.79 Å². The standard InChI is InChI=1S/C15H18N2OS/c1-10-3-5-12(6-4-10)11(2)17-8-14-7-13(9-19-14)15(16)18/h3-7,9,11,17H,8H2,1-2H3,(H2,16,18)/t11-/m0/s1. The maximum Gasteiger partial charge on any atom is 0.249 e. The van der Waals surface area contributed by atoms with Gasteiger partial charge in [0.15, 0.2) is 0 Å². The van der Waals surface area contributed by atoms with Crippen molar-refractivity contribution in [3.8, 4) is 0 Å². The summed E-state index contributed by atoms with van der Waals surface area (Å²) in [5.74, 6) is -0.367. The number of amides is 1. The van der Waals surface area contributed by atoms with Crippen molar-refractivity contribution >= 4 is 17.2 Å². The Morgan fingerprint density at radius 3 is 2.63 bits per heavy atom. The van der Waals surface area contributed by atoms with Gasteiger partial charge < -0.3 is 11.1 Å². The first kappa shape index (κ1) is 13.8. The number of primary amides is 1. The van der Waals surface area contributed by atoms with Crippen molar-refractivity contribution in [3.63, 3.8) is 0 Å². The first-order valence-corrected chi connectivity index (χ1v) is 7.11. The van der Waals surface area contributed by atoms with Gasteiger partial charge in [0.25, 0.3) is 0 Å². The van der Waals surface area contributed by atoms with Crippen molar-refractivity contribution in [2.24, 2.45) is 5.73 Å². The minimum absolute atomic E-state index is 0.278. The van der Waals surface area contributed by atoms with E-state index in [1.165, 1.54) is 11.1 Å². The molecule has 0 fully saturated rings. The van der Waals surface area contributed by atoms with Crippen LogP contribution < -0.4 is 11.1 Å². The highest BCUT2D eigenvalue weighted by Crippen LogP contribution is 2.17. The maximum atomic E-state index is 11.0. The molecule has 1 amide bonds. The monoisotopic (exact) mass is 274 g/mol. The van der Waals surface area contributed by atoms with Crippen LogP contribution in [0.25, 0.3) is 0 Å². The van der Waals surface area contributed by atoms with Crippen LogP contribution in [-0.4, -0.2) is 5.91 Å². The maximum absolute atomic E-state index is 11.0. The highest BCUT2D eigenvalue weighted by molar-refractivity contribution is 7.10. The number of nitrogens with two attached hydrogens (primary N) is 1. The lowest BCUT2D eigenvalue weighted by molar-refractivity contribution is 0.100. The molecule has 19 heavy (non-hydrogen) atoms. The number of rotatable bonds is 5. The van der Waals surface area contributed by atoms with Gasteiger partial charge in [-0.15, -0.1) is 11.3 Å². The van der Waals surface area contributed by atoms with Crippen LogP contribution in [0.4, 0.5) is 0 Å².